The van der Waals surface area contributed by atoms with E-state index in [2.05, 4.69) is 43.0 Å². The molecule has 2 aromatic rings. The summed E-state index contributed by atoms with van der Waals surface area (Å²) in [7, 11) is 0. The minimum absolute atomic E-state index is 0.122. The van der Waals surface area contributed by atoms with Crippen molar-refractivity contribution in [3.8, 4) is 0 Å². The number of hydrogen-bond acceptors (Lipinski definition) is 4. The number of fused-ring (bicyclic) bond motifs is 1. The largest absolute Gasteiger partial charge is 0.480 e. The van der Waals surface area contributed by atoms with Gasteiger partial charge in [0.1, 0.15) is 5.82 Å². The lowest BCUT2D eigenvalue weighted by atomic mass is 10.1. The van der Waals surface area contributed by atoms with E-state index < -0.39 is 5.97 Å². The Morgan fingerprint density at radius 2 is 1.91 bits per heavy atom. The molecule has 1 saturated heterocycles. The van der Waals surface area contributed by atoms with Gasteiger partial charge in [-0.2, -0.15) is 0 Å². The summed E-state index contributed by atoms with van der Waals surface area (Å²) in [5, 5.41) is 10.0. The highest BCUT2D eigenvalue weighted by Gasteiger charge is 2.19. The van der Waals surface area contributed by atoms with Gasteiger partial charge in [-0.1, -0.05) is 11.6 Å². The molecular formula is C17H21N3O2. The number of aryl methyl sites for hydroxylation is 2. The van der Waals surface area contributed by atoms with Crippen molar-refractivity contribution in [2.75, 3.05) is 37.6 Å². The molecule has 0 atom stereocenters. The molecule has 2 heterocycles. The molecule has 0 spiro atoms. The van der Waals surface area contributed by atoms with Gasteiger partial charge in [0.15, 0.2) is 0 Å². The monoisotopic (exact) mass is 299 g/mol. The van der Waals surface area contributed by atoms with Crippen molar-refractivity contribution in [3.63, 3.8) is 0 Å². The summed E-state index contributed by atoms with van der Waals surface area (Å²) in [6.45, 7) is 7.47. The maximum absolute atomic E-state index is 10.8. The summed E-state index contributed by atoms with van der Waals surface area (Å²) in [4.78, 5) is 19.8. The number of pyridine rings is 1. The van der Waals surface area contributed by atoms with Gasteiger partial charge in [-0.15, -0.1) is 0 Å². The molecule has 0 saturated carbocycles. The topological polar surface area (TPSA) is 56.7 Å². The molecule has 0 bridgehead atoms. The normalized spacial score (nSPS) is 16.2. The lowest BCUT2D eigenvalue weighted by Gasteiger charge is -2.34. The highest BCUT2D eigenvalue weighted by molar-refractivity contribution is 5.84. The molecule has 0 amide bonds. The number of carboxylic acid groups (broad SMARTS) is 1. The Morgan fingerprint density at radius 1 is 1.18 bits per heavy atom. The summed E-state index contributed by atoms with van der Waals surface area (Å²) in [6, 6.07) is 8.50. The number of carbonyl (C=O) groups is 1. The van der Waals surface area contributed by atoms with Crippen molar-refractivity contribution in [1.29, 1.82) is 0 Å². The molecule has 116 valence electrons. The molecule has 0 radical (unpaired) electrons. The predicted octanol–water partition coefficient (Wildman–Crippen LogP) is 2.06. The summed E-state index contributed by atoms with van der Waals surface area (Å²) < 4.78 is 0. The third-order valence-electron chi connectivity index (χ3n) is 4.17. The molecule has 1 aliphatic rings. The van der Waals surface area contributed by atoms with Gasteiger partial charge in [0.25, 0.3) is 0 Å². The summed E-state index contributed by atoms with van der Waals surface area (Å²) in [5.41, 5.74) is 3.50. The van der Waals surface area contributed by atoms with Crippen molar-refractivity contribution < 1.29 is 9.90 Å². The average molecular weight is 299 g/mol. The number of aliphatic carboxylic acids is 1. The standard InChI is InChI=1S/C17H21N3O2/c1-12-9-13(2)17-14(10-12)3-4-15(18-17)20-7-5-19(6-8-20)11-16(21)22/h3-4,9-10H,5-8,11H2,1-2H3,(H,21,22). The van der Waals surface area contributed by atoms with Gasteiger partial charge in [0.05, 0.1) is 12.1 Å². The molecule has 5 heteroatoms. The molecule has 5 nitrogen and oxygen atoms in total. The quantitative estimate of drug-likeness (QED) is 0.940. The van der Waals surface area contributed by atoms with Crippen LogP contribution in [-0.2, 0) is 4.79 Å². The number of nitrogens with zero attached hydrogens (tertiary/aromatic N) is 3. The first-order valence-corrected chi connectivity index (χ1v) is 7.60. The highest BCUT2D eigenvalue weighted by Crippen LogP contribution is 2.23. The zero-order valence-electron chi connectivity index (χ0n) is 13.0. The minimum atomic E-state index is -0.761. The van der Waals surface area contributed by atoms with Crippen LogP contribution in [0.1, 0.15) is 11.1 Å². The maximum atomic E-state index is 10.8. The molecule has 1 aromatic carbocycles. The van der Waals surface area contributed by atoms with Crippen LogP contribution in [0.4, 0.5) is 5.82 Å². The molecule has 1 N–H and O–H groups in total. The first kappa shape index (κ1) is 14.8. The molecule has 0 aliphatic carbocycles. The van der Waals surface area contributed by atoms with Gasteiger partial charge < -0.3 is 10.0 Å². The van der Waals surface area contributed by atoms with Gasteiger partial charge in [-0.25, -0.2) is 4.98 Å². The number of hydrogen-bond donors (Lipinski definition) is 1. The summed E-state index contributed by atoms with van der Waals surface area (Å²) in [6.07, 6.45) is 0. The Labute approximate surface area is 130 Å². The molecule has 1 aromatic heterocycles. The molecule has 0 unspecified atom stereocenters. The van der Waals surface area contributed by atoms with Crippen molar-refractivity contribution in [1.82, 2.24) is 9.88 Å². The van der Waals surface area contributed by atoms with Gasteiger partial charge in [0, 0.05) is 31.6 Å². The van der Waals surface area contributed by atoms with Crippen LogP contribution in [0.2, 0.25) is 0 Å². The van der Waals surface area contributed by atoms with Crippen LogP contribution >= 0.6 is 0 Å². The van der Waals surface area contributed by atoms with Crippen LogP contribution in [0.15, 0.2) is 24.3 Å². The van der Waals surface area contributed by atoms with Gasteiger partial charge in [-0.3, -0.25) is 9.69 Å². The number of anilines is 1. The van der Waals surface area contributed by atoms with E-state index in [-0.39, 0.29) is 6.54 Å². The number of piperazine rings is 1. The Hall–Kier alpha value is -2.14. The zero-order valence-corrected chi connectivity index (χ0v) is 13.0. The lowest BCUT2D eigenvalue weighted by molar-refractivity contribution is -0.138. The van der Waals surface area contributed by atoms with Crippen LogP contribution in [0.3, 0.4) is 0 Å². The second-order valence-electron chi connectivity index (χ2n) is 5.98. The fraction of sp³-hybridized carbons (Fsp3) is 0.412. The Morgan fingerprint density at radius 3 is 2.59 bits per heavy atom. The highest BCUT2D eigenvalue weighted by atomic mass is 16.4. The number of carboxylic acids is 1. The number of aromatic nitrogens is 1. The van der Waals surface area contributed by atoms with E-state index in [9.17, 15) is 4.79 Å². The summed E-state index contributed by atoms with van der Waals surface area (Å²) in [5.74, 6) is 0.220. The van der Waals surface area contributed by atoms with E-state index in [1.165, 1.54) is 16.5 Å². The molecule has 3 rings (SSSR count). The van der Waals surface area contributed by atoms with Crippen molar-refractivity contribution in [2.45, 2.75) is 13.8 Å². The number of benzene rings is 1. The second kappa shape index (κ2) is 5.93. The van der Waals surface area contributed by atoms with Gasteiger partial charge >= 0.3 is 5.97 Å². The zero-order chi connectivity index (χ0) is 15.7. The van der Waals surface area contributed by atoms with Crippen LogP contribution in [0.5, 0.6) is 0 Å². The fourth-order valence-corrected chi connectivity index (χ4v) is 3.09. The maximum Gasteiger partial charge on any atom is 0.317 e. The average Bonchev–Trinajstić information content (AvgIpc) is 2.47. The molecular weight excluding hydrogens is 278 g/mol. The van der Waals surface area contributed by atoms with E-state index >= 15 is 0 Å². The Balaban J connectivity index is 1.79. The van der Waals surface area contributed by atoms with Crippen LogP contribution in [0, 0.1) is 13.8 Å². The SMILES string of the molecule is Cc1cc(C)c2nc(N3CCN(CC(=O)O)CC3)ccc2c1. The first-order valence-electron chi connectivity index (χ1n) is 7.60. The lowest BCUT2D eigenvalue weighted by Crippen LogP contribution is -2.48. The van der Waals surface area contributed by atoms with Crippen LogP contribution < -0.4 is 4.90 Å². The van der Waals surface area contributed by atoms with Crippen molar-refractivity contribution in [3.05, 3.63) is 35.4 Å². The van der Waals surface area contributed by atoms with Crippen LogP contribution in [-0.4, -0.2) is 53.7 Å². The molecule has 22 heavy (non-hydrogen) atoms. The van der Waals surface area contributed by atoms with Crippen molar-refractivity contribution in [2.24, 2.45) is 0 Å². The Kier molecular flexibility index (Phi) is 3.98. The van der Waals surface area contributed by atoms with Gasteiger partial charge in [-0.05, 0) is 37.6 Å². The van der Waals surface area contributed by atoms with Crippen molar-refractivity contribution >= 4 is 22.7 Å². The van der Waals surface area contributed by atoms with E-state index in [1.807, 2.05) is 4.90 Å². The predicted molar refractivity (Wildman–Crippen MR) is 87.5 cm³/mol. The molecule has 1 aliphatic heterocycles. The first-order chi connectivity index (χ1) is 10.5. The minimum Gasteiger partial charge on any atom is -0.480 e. The Bertz CT molecular complexity index is 706. The summed E-state index contributed by atoms with van der Waals surface area (Å²) >= 11 is 0. The van der Waals surface area contributed by atoms with E-state index in [4.69, 9.17) is 10.1 Å². The van der Waals surface area contributed by atoms with E-state index in [0.717, 1.165) is 37.5 Å². The molecule has 1 fully saturated rings. The fourth-order valence-electron chi connectivity index (χ4n) is 3.09. The number of rotatable bonds is 3. The second-order valence-corrected chi connectivity index (χ2v) is 5.98. The smallest absolute Gasteiger partial charge is 0.317 e. The van der Waals surface area contributed by atoms with Crippen LogP contribution in [0.25, 0.3) is 10.9 Å². The third-order valence-corrected chi connectivity index (χ3v) is 4.17. The van der Waals surface area contributed by atoms with E-state index in [0.29, 0.717) is 0 Å². The van der Waals surface area contributed by atoms with E-state index in [1.54, 1.807) is 0 Å². The van der Waals surface area contributed by atoms with Gasteiger partial charge in [0.2, 0.25) is 0 Å². The third kappa shape index (κ3) is 3.04.